The maximum Gasteiger partial charge on any atom is 0.264 e. The summed E-state index contributed by atoms with van der Waals surface area (Å²) >= 11 is 1.53. The van der Waals surface area contributed by atoms with E-state index in [-0.39, 0.29) is 24.1 Å². The van der Waals surface area contributed by atoms with Crippen LogP contribution in [0.4, 0.5) is 0 Å². The molecule has 0 unspecified atom stereocenters. The highest BCUT2D eigenvalue weighted by atomic mass is 32.1. The molecule has 0 aliphatic heterocycles. The van der Waals surface area contributed by atoms with Crippen LogP contribution in [0.5, 0.6) is 0 Å². The number of hydrogen-bond acceptors (Lipinski definition) is 4. The van der Waals surface area contributed by atoms with Crippen LogP contribution in [0, 0.1) is 6.92 Å². The summed E-state index contributed by atoms with van der Waals surface area (Å²) in [6, 6.07) is 9.20. The standard InChI is InChI=1S/C20H23N3O2S/c1-5-14-10-17(26-13(14)4)20(25)23(12(2)3)11-18-21-16-9-7-6-8-15(16)19(24)22-18/h6-10,12H,5,11H2,1-4H3,(H,21,22,24). The SMILES string of the molecule is CCc1cc(C(=O)N(Cc2nc3ccccc3c(=O)[nH]2)C(C)C)sc1C. The van der Waals surface area contributed by atoms with Gasteiger partial charge in [-0.3, -0.25) is 9.59 Å². The zero-order valence-corrected chi connectivity index (χ0v) is 16.3. The second kappa shape index (κ2) is 7.41. The monoisotopic (exact) mass is 369 g/mol. The Hall–Kier alpha value is -2.47. The molecule has 1 aromatic carbocycles. The highest BCUT2D eigenvalue weighted by molar-refractivity contribution is 7.14. The average molecular weight is 369 g/mol. The first-order valence-electron chi connectivity index (χ1n) is 8.79. The fraction of sp³-hybridized carbons (Fsp3) is 0.350. The number of benzene rings is 1. The number of thiophene rings is 1. The molecule has 5 nitrogen and oxygen atoms in total. The van der Waals surface area contributed by atoms with Crippen LogP contribution in [-0.2, 0) is 13.0 Å². The van der Waals surface area contributed by atoms with E-state index < -0.39 is 0 Å². The molecule has 3 aromatic rings. The first-order chi connectivity index (χ1) is 12.4. The van der Waals surface area contributed by atoms with Crippen LogP contribution in [0.2, 0.25) is 0 Å². The van der Waals surface area contributed by atoms with Gasteiger partial charge in [0.15, 0.2) is 0 Å². The number of rotatable bonds is 5. The molecule has 3 rings (SSSR count). The van der Waals surface area contributed by atoms with Gasteiger partial charge >= 0.3 is 0 Å². The van der Waals surface area contributed by atoms with Crippen molar-refractivity contribution in [3.8, 4) is 0 Å². The number of nitrogens with zero attached hydrogens (tertiary/aromatic N) is 2. The van der Waals surface area contributed by atoms with E-state index in [9.17, 15) is 9.59 Å². The molecule has 1 amide bonds. The highest BCUT2D eigenvalue weighted by Crippen LogP contribution is 2.24. The second-order valence-corrected chi connectivity index (χ2v) is 7.86. The minimum atomic E-state index is -0.179. The number of fused-ring (bicyclic) bond motifs is 1. The zero-order chi connectivity index (χ0) is 18.8. The summed E-state index contributed by atoms with van der Waals surface area (Å²) in [6.45, 7) is 8.35. The number of aromatic nitrogens is 2. The van der Waals surface area contributed by atoms with Gasteiger partial charge in [0.05, 0.1) is 22.3 Å². The third-order valence-electron chi connectivity index (χ3n) is 4.48. The Morgan fingerprint density at radius 1 is 1.31 bits per heavy atom. The molecule has 0 bridgehead atoms. The topological polar surface area (TPSA) is 66.1 Å². The lowest BCUT2D eigenvalue weighted by Crippen LogP contribution is -2.37. The van der Waals surface area contributed by atoms with Crippen molar-refractivity contribution in [3.63, 3.8) is 0 Å². The Labute approximate surface area is 156 Å². The molecule has 136 valence electrons. The number of carbonyl (C=O) groups excluding carboxylic acids is 1. The summed E-state index contributed by atoms with van der Waals surface area (Å²) in [5, 5.41) is 0.556. The van der Waals surface area contributed by atoms with Gasteiger partial charge in [0.25, 0.3) is 11.5 Å². The maximum absolute atomic E-state index is 13.0. The van der Waals surface area contributed by atoms with Gasteiger partial charge in [-0.1, -0.05) is 19.1 Å². The summed E-state index contributed by atoms with van der Waals surface area (Å²) in [4.78, 5) is 36.3. The molecule has 0 saturated heterocycles. The lowest BCUT2D eigenvalue weighted by atomic mass is 10.2. The quantitative estimate of drug-likeness (QED) is 0.741. The zero-order valence-electron chi connectivity index (χ0n) is 15.5. The average Bonchev–Trinajstić information content (AvgIpc) is 3.00. The van der Waals surface area contributed by atoms with Crippen LogP contribution in [-0.4, -0.2) is 26.8 Å². The van der Waals surface area contributed by atoms with Crippen LogP contribution in [0.1, 0.15) is 46.7 Å². The van der Waals surface area contributed by atoms with Crippen molar-refractivity contribution >= 4 is 28.1 Å². The molecule has 0 saturated carbocycles. The van der Waals surface area contributed by atoms with E-state index >= 15 is 0 Å². The van der Waals surface area contributed by atoms with E-state index in [1.807, 2.05) is 45.0 Å². The number of nitrogens with one attached hydrogen (secondary N) is 1. The third kappa shape index (κ3) is 3.55. The molecular formula is C20H23N3O2S. The number of hydrogen-bond donors (Lipinski definition) is 1. The van der Waals surface area contributed by atoms with Crippen LogP contribution in [0.15, 0.2) is 35.1 Å². The first kappa shape index (κ1) is 18.3. The minimum Gasteiger partial charge on any atom is -0.328 e. The molecule has 0 radical (unpaired) electrons. The summed E-state index contributed by atoms with van der Waals surface area (Å²) < 4.78 is 0. The van der Waals surface area contributed by atoms with Crippen molar-refractivity contribution in [2.24, 2.45) is 0 Å². The summed E-state index contributed by atoms with van der Waals surface area (Å²) in [7, 11) is 0. The number of aromatic amines is 1. The third-order valence-corrected chi connectivity index (χ3v) is 5.56. The van der Waals surface area contributed by atoms with Crippen molar-refractivity contribution in [3.05, 3.63) is 61.8 Å². The minimum absolute atomic E-state index is 0.00763. The Bertz CT molecular complexity index is 1000. The number of H-pyrrole nitrogens is 1. The highest BCUT2D eigenvalue weighted by Gasteiger charge is 2.22. The molecule has 0 fully saturated rings. The lowest BCUT2D eigenvalue weighted by molar-refractivity contribution is 0.0690. The van der Waals surface area contributed by atoms with E-state index in [2.05, 4.69) is 16.9 Å². The van der Waals surface area contributed by atoms with Crippen molar-refractivity contribution < 1.29 is 4.79 Å². The molecule has 26 heavy (non-hydrogen) atoms. The van der Waals surface area contributed by atoms with Gasteiger partial charge < -0.3 is 9.88 Å². The summed E-state index contributed by atoms with van der Waals surface area (Å²) in [5.41, 5.74) is 1.67. The number of aryl methyl sites for hydroxylation is 2. The Kier molecular flexibility index (Phi) is 5.23. The van der Waals surface area contributed by atoms with Crippen molar-refractivity contribution in [2.45, 2.75) is 46.7 Å². The number of para-hydroxylation sites is 1. The molecule has 6 heteroatoms. The molecule has 0 aliphatic rings. The largest absolute Gasteiger partial charge is 0.328 e. The van der Waals surface area contributed by atoms with E-state index in [0.29, 0.717) is 16.7 Å². The van der Waals surface area contributed by atoms with Gasteiger partial charge in [-0.25, -0.2) is 4.98 Å². The van der Waals surface area contributed by atoms with Gasteiger partial charge in [-0.2, -0.15) is 0 Å². The Morgan fingerprint density at radius 2 is 2.04 bits per heavy atom. The normalized spacial score (nSPS) is 11.3. The number of carbonyl (C=O) groups is 1. The van der Waals surface area contributed by atoms with E-state index in [4.69, 9.17) is 0 Å². The predicted octanol–water partition coefficient (Wildman–Crippen LogP) is 3.91. The van der Waals surface area contributed by atoms with Crippen molar-refractivity contribution in [1.82, 2.24) is 14.9 Å². The van der Waals surface area contributed by atoms with Crippen LogP contribution >= 0.6 is 11.3 Å². The fourth-order valence-electron chi connectivity index (χ4n) is 2.98. The van der Waals surface area contributed by atoms with Crippen molar-refractivity contribution in [1.29, 1.82) is 0 Å². The summed E-state index contributed by atoms with van der Waals surface area (Å²) in [6.07, 6.45) is 0.914. The van der Waals surface area contributed by atoms with Crippen LogP contribution in [0.25, 0.3) is 10.9 Å². The van der Waals surface area contributed by atoms with Gasteiger partial charge in [0, 0.05) is 10.9 Å². The van der Waals surface area contributed by atoms with Gasteiger partial charge in [-0.15, -0.1) is 11.3 Å². The van der Waals surface area contributed by atoms with Gasteiger partial charge in [0.1, 0.15) is 5.82 Å². The molecule has 0 aliphatic carbocycles. The molecule has 0 spiro atoms. The van der Waals surface area contributed by atoms with E-state index in [1.54, 1.807) is 11.0 Å². The maximum atomic E-state index is 13.0. The smallest absolute Gasteiger partial charge is 0.264 e. The van der Waals surface area contributed by atoms with E-state index in [0.717, 1.165) is 11.3 Å². The molecule has 1 N–H and O–H groups in total. The molecule has 0 atom stereocenters. The fourth-order valence-corrected chi connectivity index (χ4v) is 4.05. The van der Waals surface area contributed by atoms with Gasteiger partial charge in [0.2, 0.25) is 0 Å². The number of amides is 1. The molecule has 2 aromatic heterocycles. The second-order valence-electron chi connectivity index (χ2n) is 6.60. The lowest BCUT2D eigenvalue weighted by Gasteiger charge is -2.25. The van der Waals surface area contributed by atoms with Crippen LogP contribution in [0.3, 0.4) is 0 Å². The van der Waals surface area contributed by atoms with Crippen LogP contribution < -0.4 is 5.56 Å². The van der Waals surface area contributed by atoms with Crippen molar-refractivity contribution in [2.75, 3.05) is 0 Å². The summed E-state index contributed by atoms with van der Waals surface area (Å²) in [5.74, 6) is 0.475. The van der Waals surface area contributed by atoms with Gasteiger partial charge in [-0.05, 0) is 51.0 Å². The predicted molar refractivity (Wildman–Crippen MR) is 106 cm³/mol. The Balaban J connectivity index is 1.93. The Morgan fingerprint density at radius 3 is 2.69 bits per heavy atom. The molecular weight excluding hydrogens is 346 g/mol. The first-order valence-corrected chi connectivity index (χ1v) is 9.60. The van der Waals surface area contributed by atoms with E-state index in [1.165, 1.54) is 21.8 Å². The molecule has 2 heterocycles.